The summed E-state index contributed by atoms with van der Waals surface area (Å²) in [6.07, 6.45) is 2.66. The molecular formula is C4H7OP. The van der Waals surface area contributed by atoms with Gasteiger partial charge in [0.25, 0.3) is 0 Å². The lowest BCUT2D eigenvalue weighted by Gasteiger charge is -1.71. The maximum absolute atomic E-state index is 7.84. The van der Waals surface area contributed by atoms with Crippen LogP contribution in [-0.4, -0.2) is 17.9 Å². The van der Waals surface area contributed by atoms with Crippen molar-refractivity contribution in [2.24, 2.45) is 0 Å². The summed E-state index contributed by atoms with van der Waals surface area (Å²) >= 11 is 0. The minimum atomic E-state index is 0.830. The molecule has 0 aliphatic carbocycles. The standard InChI is InChI=1S/C4H7OP/c1-6-4-2-3-5/h5-6H,4H2,1H3. The van der Waals surface area contributed by atoms with Crippen molar-refractivity contribution in [1.82, 2.24) is 0 Å². The summed E-state index contributed by atoms with van der Waals surface area (Å²) in [6.45, 7) is 2.05. The molecule has 0 aromatic carbocycles. The van der Waals surface area contributed by atoms with Gasteiger partial charge >= 0.3 is 0 Å². The molecule has 0 rings (SSSR count). The summed E-state index contributed by atoms with van der Waals surface area (Å²) in [6, 6.07) is 0. The van der Waals surface area contributed by atoms with Gasteiger partial charge in [0.15, 0.2) is 0 Å². The van der Waals surface area contributed by atoms with Gasteiger partial charge in [0, 0.05) is 6.16 Å². The Morgan fingerprint density at radius 3 is 2.67 bits per heavy atom. The van der Waals surface area contributed by atoms with Crippen molar-refractivity contribution in [2.45, 2.75) is 0 Å². The van der Waals surface area contributed by atoms with Gasteiger partial charge in [-0.2, -0.15) is 0 Å². The van der Waals surface area contributed by atoms with Gasteiger partial charge in [0.2, 0.25) is 0 Å². The second-order valence-electron chi connectivity index (χ2n) is 0.819. The highest BCUT2D eigenvalue weighted by atomic mass is 31.1. The van der Waals surface area contributed by atoms with Gasteiger partial charge in [0.05, 0.1) is 0 Å². The number of aliphatic hydroxyl groups is 1. The first-order chi connectivity index (χ1) is 2.91. The Morgan fingerprint density at radius 1 is 1.83 bits per heavy atom. The molecule has 0 heterocycles. The quantitative estimate of drug-likeness (QED) is 0.380. The number of aliphatic hydroxyl groups excluding tert-OH is 1. The molecule has 6 heavy (non-hydrogen) atoms. The van der Waals surface area contributed by atoms with Gasteiger partial charge in [-0.15, -0.1) is 8.58 Å². The lowest BCUT2D eigenvalue weighted by molar-refractivity contribution is 0.517. The van der Waals surface area contributed by atoms with E-state index in [2.05, 4.69) is 5.92 Å². The van der Waals surface area contributed by atoms with Crippen LogP contribution in [0.25, 0.3) is 0 Å². The molecule has 1 unspecified atom stereocenters. The highest BCUT2D eigenvalue weighted by Crippen LogP contribution is 1.96. The van der Waals surface area contributed by atoms with Crippen molar-refractivity contribution in [1.29, 1.82) is 0 Å². The summed E-state index contributed by atoms with van der Waals surface area (Å²) in [5.74, 6) is 2.52. The van der Waals surface area contributed by atoms with Gasteiger partial charge in [-0.25, -0.2) is 0 Å². The first-order valence-corrected chi connectivity index (χ1v) is 3.39. The molecule has 34 valence electrons. The van der Waals surface area contributed by atoms with E-state index in [0.29, 0.717) is 0 Å². The largest absolute Gasteiger partial charge is 0.462 e. The van der Waals surface area contributed by atoms with Crippen LogP contribution in [0.5, 0.6) is 0 Å². The molecule has 0 fully saturated rings. The van der Waals surface area contributed by atoms with Gasteiger partial charge < -0.3 is 5.11 Å². The van der Waals surface area contributed by atoms with Crippen molar-refractivity contribution in [3.8, 4) is 12.0 Å². The molecule has 0 bridgehead atoms. The second-order valence-corrected chi connectivity index (χ2v) is 1.88. The third-order valence-electron chi connectivity index (χ3n) is 0.344. The summed E-state index contributed by atoms with van der Waals surface area (Å²) < 4.78 is 0. The monoisotopic (exact) mass is 102 g/mol. The zero-order chi connectivity index (χ0) is 4.83. The third-order valence-corrected chi connectivity index (χ3v) is 0.875. The molecule has 0 saturated carbocycles. The Kier molecular flexibility index (Phi) is 4.62. The molecule has 0 saturated heterocycles. The minimum absolute atomic E-state index is 0.830. The molecule has 0 spiro atoms. The van der Waals surface area contributed by atoms with Crippen LogP contribution in [0.15, 0.2) is 0 Å². The van der Waals surface area contributed by atoms with Crippen LogP contribution in [0.2, 0.25) is 0 Å². The van der Waals surface area contributed by atoms with E-state index < -0.39 is 0 Å². The predicted molar refractivity (Wildman–Crippen MR) is 28.8 cm³/mol. The number of hydrogen-bond donors (Lipinski definition) is 1. The van der Waals surface area contributed by atoms with E-state index in [1.165, 1.54) is 0 Å². The van der Waals surface area contributed by atoms with Crippen molar-refractivity contribution in [3.05, 3.63) is 0 Å². The first-order valence-electron chi connectivity index (χ1n) is 1.68. The van der Waals surface area contributed by atoms with E-state index >= 15 is 0 Å². The molecule has 0 aromatic rings. The number of hydrogen-bond acceptors (Lipinski definition) is 1. The summed E-state index contributed by atoms with van der Waals surface area (Å²) in [5.41, 5.74) is 0. The van der Waals surface area contributed by atoms with E-state index in [0.717, 1.165) is 14.7 Å². The molecule has 0 radical (unpaired) electrons. The molecular weight excluding hydrogens is 95.0 g/mol. The summed E-state index contributed by atoms with van der Waals surface area (Å²) in [4.78, 5) is 0. The molecule has 2 heteroatoms. The molecule has 0 aliphatic rings. The SMILES string of the molecule is CPCC#CO. The summed E-state index contributed by atoms with van der Waals surface area (Å²) in [7, 11) is 0.831. The van der Waals surface area contributed by atoms with Gasteiger partial charge in [-0.1, -0.05) is 5.92 Å². The average molecular weight is 102 g/mol. The van der Waals surface area contributed by atoms with E-state index in [1.54, 1.807) is 0 Å². The van der Waals surface area contributed by atoms with E-state index in [4.69, 9.17) is 5.11 Å². The maximum atomic E-state index is 7.84. The topological polar surface area (TPSA) is 20.2 Å². The highest BCUT2D eigenvalue weighted by Gasteiger charge is 1.63. The van der Waals surface area contributed by atoms with E-state index in [1.807, 2.05) is 12.8 Å². The number of rotatable bonds is 1. The second kappa shape index (κ2) is 4.79. The Morgan fingerprint density at radius 2 is 2.50 bits per heavy atom. The minimum Gasteiger partial charge on any atom is -0.462 e. The zero-order valence-electron chi connectivity index (χ0n) is 3.65. The average Bonchev–Trinajstić information content (AvgIpc) is 1.61. The smallest absolute Gasteiger partial charge is 0.107 e. The van der Waals surface area contributed by atoms with Crippen molar-refractivity contribution in [3.63, 3.8) is 0 Å². The highest BCUT2D eigenvalue weighted by molar-refractivity contribution is 7.37. The van der Waals surface area contributed by atoms with E-state index in [-0.39, 0.29) is 0 Å². The normalized spacial score (nSPS) is 8.17. The fourth-order valence-corrected chi connectivity index (χ4v) is 0.384. The fraction of sp³-hybridized carbons (Fsp3) is 0.500. The van der Waals surface area contributed by atoms with Crippen LogP contribution in [0.1, 0.15) is 0 Å². The molecule has 0 aromatic heterocycles. The van der Waals surface area contributed by atoms with E-state index in [9.17, 15) is 0 Å². The van der Waals surface area contributed by atoms with Crippen LogP contribution >= 0.6 is 8.58 Å². The van der Waals surface area contributed by atoms with Crippen LogP contribution in [0.3, 0.4) is 0 Å². The van der Waals surface area contributed by atoms with Crippen molar-refractivity contribution >= 4 is 8.58 Å². The van der Waals surface area contributed by atoms with Gasteiger partial charge in [-0.05, 0) is 6.66 Å². The third kappa shape index (κ3) is 3.79. The summed E-state index contributed by atoms with van der Waals surface area (Å²) in [5, 5.41) is 7.84. The first kappa shape index (κ1) is 5.79. The predicted octanol–water partition coefficient (Wildman–Crippen LogP) is 0.628. The Hall–Kier alpha value is -0.210. The van der Waals surface area contributed by atoms with Crippen molar-refractivity contribution in [2.75, 3.05) is 12.8 Å². The lowest BCUT2D eigenvalue weighted by Crippen LogP contribution is -1.60. The lowest BCUT2D eigenvalue weighted by atomic mass is 10.8. The molecule has 0 amide bonds. The molecule has 0 aliphatic heterocycles. The van der Waals surface area contributed by atoms with Crippen LogP contribution in [-0.2, 0) is 0 Å². The fourth-order valence-electron chi connectivity index (χ4n) is 0.128. The van der Waals surface area contributed by atoms with Gasteiger partial charge in [-0.3, -0.25) is 0 Å². The van der Waals surface area contributed by atoms with Crippen LogP contribution in [0, 0.1) is 12.0 Å². The molecule has 1 N–H and O–H groups in total. The Bertz CT molecular complexity index is 69.4. The maximum Gasteiger partial charge on any atom is 0.107 e. The molecule has 1 nitrogen and oxygen atoms in total. The Labute approximate surface area is 39.5 Å². The molecule has 1 atom stereocenters. The zero-order valence-corrected chi connectivity index (χ0v) is 4.65. The van der Waals surface area contributed by atoms with Crippen LogP contribution < -0.4 is 0 Å². The van der Waals surface area contributed by atoms with Crippen molar-refractivity contribution < 1.29 is 5.11 Å². The van der Waals surface area contributed by atoms with Gasteiger partial charge in [0.1, 0.15) is 6.11 Å². The Balaban J connectivity index is 2.79. The van der Waals surface area contributed by atoms with Crippen LogP contribution in [0.4, 0.5) is 0 Å².